The second kappa shape index (κ2) is 4.09. The van der Waals surface area contributed by atoms with Crippen LogP contribution in [-0.4, -0.2) is 18.9 Å². The van der Waals surface area contributed by atoms with Crippen LogP contribution in [0, 0.1) is 0 Å². The molecule has 1 aliphatic carbocycles. The molecule has 0 fully saturated rings. The van der Waals surface area contributed by atoms with Crippen molar-refractivity contribution in [3.63, 3.8) is 0 Å². The summed E-state index contributed by atoms with van der Waals surface area (Å²) in [6, 6.07) is 0. The predicted molar refractivity (Wildman–Crippen MR) is 49.4 cm³/mol. The first-order chi connectivity index (χ1) is 6.53. The number of ether oxygens (including phenoxy) is 2. The average molecular weight is 198 g/mol. The number of rotatable bonds is 1. The summed E-state index contributed by atoms with van der Waals surface area (Å²) in [5, 5.41) is 0. The zero-order valence-electron chi connectivity index (χ0n) is 7.99. The Labute approximate surface area is 81.5 Å². The number of carbonyl (C=O) groups is 1. The average Bonchev–Trinajstić information content (AvgIpc) is 2.26. The summed E-state index contributed by atoms with van der Waals surface area (Å²) in [5.41, 5.74) is -1.62. The fraction of sp³-hybridized carbons (Fsp3) is 0.300. The molecule has 3 nitrogen and oxygen atoms in total. The van der Waals surface area contributed by atoms with Crippen LogP contribution in [0.4, 0.5) is 9.18 Å². The van der Waals surface area contributed by atoms with E-state index in [1.807, 2.05) is 0 Å². The number of allylic oxidation sites excluding steroid dienone is 5. The van der Waals surface area contributed by atoms with Crippen LogP contribution >= 0.6 is 0 Å². The van der Waals surface area contributed by atoms with Gasteiger partial charge in [-0.25, -0.2) is 9.18 Å². The lowest BCUT2D eigenvalue weighted by molar-refractivity contribution is 0.0989. The third kappa shape index (κ3) is 3.05. The van der Waals surface area contributed by atoms with Crippen LogP contribution in [0.2, 0.25) is 0 Å². The second-order valence-electron chi connectivity index (χ2n) is 2.97. The van der Waals surface area contributed by atoms with Gasteiger partial charge in [-0.3, -0.25) is 0 Å². The van der Waals surface area contributed by atoms with Crippen molar-refractivity contribution >= 4 is 6.16 Å². The molecule has 14 heavy (non-hydrogen) atoms. The standard InChI is InChI=1S/C10H11FO3/c1-10(11)6-4-3-5-8(7-10)14-9(12)13-2/h3-7H,1-2H3. The molecule has 0 N–H and O–H groups in total. The van der Waals surface area contributed by atoms with Crippen molar-refractivity contribution < 1.29 is 18.7 Å². The van der Waals surface area contributed by atoms with Crippen LogP contribution in [0.1, 0.15) is 6.92 Å². The molecule has 0 aromatic heterocycles. The molecule has 0 saturated carbocycles. The van der Waals surface area contributed by atoms with Gasteiger partial charge in [0.15, 0.2) is 0 Å². The van der Waals surface area contributed by atoms with Gasteiger partial charge in [-0.1, -0.05) is 12.2 Å². The normalized spacial score (nSPS) is 25.2. The minimum absolute atomic E-state index is 0.131. The van der Waals surface area contributed by atoms with E-state index in [1.54, 1.807) is 12.2 Å². The van der Waals surface area contributed by atoms with Crippen molar-refractivity contribution in [1.29, 1.82) is 0 Å². The van der Waals surface area contributed by atoms with E-state index < -0.39 is 11.8 Å². The van der Waals surface area contributed by atoms with Gasteiger partial charge >= 0.3 is 6.16 Å². The van der Waals surface area contributed by atoms with Gasteiger partial charge in [0.1, 0.15) is 11.4 Å². The maximum atomic E-state index is 13.5. The van der Waals surface area contributed by atoms with E-state index in [-0.39, 0.29) is 5.76 Å². The lowest BCUT2D eigenvalue weighted by Crippen LogP contribution is -2.12. The van der Waals surface area contributed by atoms with Gasteiger partial charge in [0.05, 0.1) is 7.11 Å². The molecule has 76 valence electrons. The Bertz CT molecular complexity index is 313. The molecular weight excluding hydrogens is 187 g/mol. The zero-order chi connectivity index (χ0) is 10.6. The molecule has 1 atom stereocenters. The van der Waals surface area contributed by atoms with Crippen LogP contribution < -0.4 is 0 Å². The summed E-state index contributed by atoms with van der Waals surface area (Å²) < 4.78 is 22.5. The SMILES string of the molecule is COC(=O)OC1=CC(C)(F)C=CC=C1. The van der Waals surface area contributed by atoms with Crippen LogP contribution in [0.5, 0.6) is 0 Å². The molecule has 0 heterocycles. The van der Waals surface area contributed by atoms with E-state index in [0.29, 0.717) is 0 Å². The third-order valence-corrected chi connectivity index (χ3v) is 1.59. The Morgan fingerprint density at radius 3 is 2.86 bits per heavy atom. The van der Waals surface area contributed by atoms with E-state index in [0.717, 1.165) is 0 Å². The molecule has 0 aromatic carbocycles. The molecule has 0 saturated heterocycles. The lowest BCUT2D eigenvalue weighted by atomic mass is 10.1. The molecule has 0 spiro atoms. The van der Waals surface area contributed by atoms with Crippen molar-refractivity contribution in [2.75, 3.05) is 7.11 Å². The third-order valence-electron chi connectivity index (χ3n) is 1.59. The zero-order valence-corrected chi connectivity index (χ0v) is 7.99. The molecule has 1 rings (SSSR count). The highest BCUT2D eigenvalue weighted by Gasteiger charge is 2.19. The number of halogens is 1. The highest BCUT2D eigenvalue weighted by molar-refractivity contribution is 5.62. The van der Waals surface area contributed by atoms with Gasteiger partial charge < -0.3 is 9.47 Å². The summed E-state index contributed by atoms with van der Waals surface area (Å²) >= 11 is 0. The minimum atomic E-state index is -1.62. The Morgan fingerprint density at radius 1 is 1.50 bits per heavy atom. The summed E-state index contributed by atoms with van der Waals surface area (Å²) in [5.74, 6) is 0.131. The summed E-state index contributed by atoms with van der Waals surface area (Å²) in [4.78, 5) is 10.7. The Hall–Kier alpha value is -1.58. The minimum Gasteiger partial charge on any atom is -0.437 e. The molecule has 0 amide bonds. The predicted octanol–water partition coefficient (Wildman–Crippen LogP) is 2.51. The van der Waals surface area contributed by atoms with Gasteiger partial charge in [-0.15, -0.1) is 0 Å². The number of methoxy groups -OCH3 is 1. The van der Waals surface area contributed by atoms with E-state index in [1.165, 1.54) is 32.3 Å². The fourth-order valence-electron chi connectivity index (χ4n) is 0.970. The Balaban J connectivity index is 2.78. The number of alkyl halides is 1. The van der Waals surface area contributed by atoms with Crippen molar-refractivity contribution in [1.82, 2.24) is 0 Å². The lowest BCUT2D eigenvalue weighted by Gasteiger charge is -2.10. The molecule has 1 unspecified atom stereocenters. The van der Waals surface area contributed by atoms with E-state index in [4.69, 9.17) is 0 Å². The highest BCUT2D eigenvalue weighted by Crippen LogP contribution is 2.20. The molecule has 0 bridgehead atoms. The van der Waals surface area contributed by atoms with Gasteiger partial charge in [0.25, 0.3) is 0 Å². The van der Waals surface area contributed by atoms with Gasteiger partial charge in [0, 0.05) is 0 Å². The van der Waals surface area contributed by atoms with Crippen LogP contribution in [-0.2, 0) is 9.47 Å². The van der Waals surface area contributed by atoms with Crippen molar-refractivity contribution in [3.8, 4) is 0 Å². The molecule has 1 aliphatic rings. The van der Waals surface area contributed by atoms with Gasteiger partial charge in [-0.05, 0) is 25.2 Å². The smallest absolute Gasteiger partial charge is 0.437 e. The van der Waals surface area contributed by atoms with Crippen molar-refractivity contribution in [3.05, 3.63) is 36.1 Å². The van der Waals surface area contributed by atoms with Crippen molar-refractivity contribution in [2.24, 2.45) is 0 Å². The molecule has 0 radical (unpaired) electrons. The molecule has 4 heteroatoms. The number of hydrogen-bond acceptors (Lipinski definition) is 3. The van der Waals surface area contributed by atoms with Crippen LogP contribution in [0.25, 0.3) is 0 Å². The maximum absolute atomic E-state index is 13.5. The first-order valence-corrected chi connectivity index (χ1v) is 4.07. The first-order valence-electron chi connectivity index (χ1n) is 4.07. The summed E-state index contributed by atoms with van der Waals surface area (Å²) in [6.45, 7) is 1.36. The first kappa shape index (κ1) is 10.5. The summed E-state index contributed by atoms with van der Waals surface area (Å²) in [6.07, 6.45) is 6.31. The molecule has 0 aromatic rings. The maximum Gasteiger partial charge on any atom is 0.513 e. The number of carbonyl (C=O) groups excluding carboxylic acids is 1. The van der Waals surface area contributed by atoms with E-state index >= 15 is 0 Å². The van der Waals surface area contributed by atoms with Gasteiger partial charge in [-0.2, -0.15) is 0 Å². The fourth-order valence-corrected chi connectivity index (χ4v) is 0.970. The quantitative estimate of drug-likeness (QED) is 0.607. The molecular formula is C10H11FO3. The Kier molecular flexibility index (Phi) is 3.06. The topological polar surface area (TPSA) is 35.5 Å². The van der Waals surface area contributed by atoms with Gasteiger partial charge in [0.2, 0.25) is 0 Å². The monoisotopic (exact) mass is 198 g/mol. The Morgan fingerprint density at radius 2 is 2.21 bits per heavy atom. The highest BCUT2D eigenvalue weighted by atomic mass is 19.1. The van der Waals surface area contributed by atoms with Crippen molar-refractivity contribution in [2.45, 2.75) is 12.6 Å². The molecule has 0 aliphatic heterocycles. The second-order valence-corrected chi connectivity index (χ2v) is 2.97. The van der Waals surface area contributed by atoms with E-state index in [2.05, 4.69) is 9.47 Å². The van der Waals surface area contributed by atoms with Crippen LogP contribution in [0.15, 0.2) is 36.1 Å². The largest absolute Gasteiger partial charge is 0.513 e. The van der Waals surface area contributed by atoms with E-state index in [9.17, 15) is 9.18 Å². The van der Waals surface area contributed by atoms with Crippen LogP contribution in [0.3, 0.4) is 0 Å². The number of hydrogen-bond donors (Lipinski definition) is 0. The summed E-state index contributed by atoms with van der Waals surface area (Å²) in [7, 11) is 1.19.